The molecule has 0 atom stereocenters. The van der Waals surface area contributed by atoms with Gasteiger partial charge in [-0.1, -0.05) is 24.3 Å². The first-order valence-electron chi connectivity index (χ1n) is 7.60. The quantitative estimate of drug-likeness (QED) is 0.589. The molecular weight excluding hydrogens is 308 g/mol. The fraction of sp³-hybridized carbons (Fsp3) is 0.158. The number of carbonyl (C=O) groups excluding carboxylic acids is 1. The number of fused-ring (bicyclic) bond motifs is 1. The number of esters is 1. The Labute approximate surface area is 138 Å². The van der Waals surface area contributed by atoms with Crippen LogP contribution in [0.1, 0.15) is 28.4 Å². The lowest BCUT2D eigenvalue weighted by molar-refractivity contribution is 0.0526. The number of carbonyl (C=O) groups is 1. The summed E-state index contributed by atoms with van der Waals surface area (Å²) in [6, 6.07) is 13.5. The number of rotatable bonds is 4. The highest BCUT2D eigenvalue weighted by Crippen LogP contribution is 2.27. The van der Waals surface area contributed by atoms with Gasteiger partial charge in [0.15, 0.2) is 0 Å². The van der Waals surface area contributed by atoms with Gasteiger partial charge < -0.3 is 14.3 Å². The smallest absolute Gasteiger partial charge is 0.343 e. The summed E-state index contributed by atoms with van der Waals surface area (Å²) in [4.78, 5) is 23.8. The molecule has 0 saturated heterocycles. The normalized spacial score (nSPS) is 10.7. The van der Waals surface area contributed by atoms with Crippen LogP contribution >= 0.6 is 0 Å². The van der Waals surface area contributed by atoms with Crippen LogP contribution in [0.4, 0.5) is 0 Å². The zero-order chi connectivity index (χ0) is 17.1. The van der Waals surface area contributed by atoms with E-state index in [4.69, 9.17) is 9.15 Å². The fourth-order valence-electron chi connectivity index (χ4n) is 2.51. The van der Waals surface area contributed by atoms with E-state index in [1.165, 1.54) is 0 Å². The van der Waals surface area contributed by atoms with Crippen molar-refractivity contribution in [3.63, 3.8) is 0 Å². The second kappa shape index (κ2) is 6.58. The van der Waals surface area contributed by atoms with Crippen molar-refractivity contribution in [3.8, 4) is 5.75 Å². The van der Waals surface area contributed by atoms with Crippen LogP contribution in [0.5, 0.6) is 5.75 Å². The molecule has 0 aliphatic heterocycles. The van der Waals surface area contributed by atoms with Crippen LogP contribution < -0.4 is 5.63 Å². The zero-order valence-electron chi connectivity index (χ0n) is 13.1. The van der Waals surface area contributed by atoms with Crippen LogP contribution in [0, 0.1) is 0 Å². The van der Waals surface area contributed by atoms with Gasteiger partial charge in [0.2, 0.25) is 0 Å². The van der Waals surface area contributed by atoms with Crippen molar-refractivity contribution in [1.29, 1.82) is 0 Å². The Hall–Kier alpha value is -3.08. The highest BCUT2D eigenvalue weighted by Gasteiger charge is 2.14. The lowest BCUT2D eigenvalue weighted by atomic mass is 10.0. The summed E-state index contributed by atoms with van der Waals surface area (Å²) in [6.07, 6.45) is 0.210. The van der Waals surface area contributed by atoms with E-state index in [2.05, 4.69) is 0 Å². The Morgan fingerprint density at radius 2 is 1.83 bits per heavy atom. The number of ether oxygens (including phenoxy) is 1. The Kier molecular flexibility index (Phi) is 4.33. The highest BCUT2D eigenvalue weighted by atomic mass is 16.5. The van der Waals surface area contributed by atoms with Gasteiger partial charge in [-0.25, -0.2) is 9.59 Å². The average molecular weight is 324 g/mol. The van der Waals surface area contributed by atoms with E-state index in [1.807, 2.05) is 0 Å². The van der Waals surface area contributed by atoms with Crippen LogP contribution in [0.2, 0.25) is 0 Å². The van der Waals surface area contributed by atoms with E-state index in [1.54, 1.807) is 55.5 Å². The molecule has 0 unspecified atom stereocenters. The lowest BCUT2D eigenvalue weighted by Crippen LogP contribution is -2.09. The van der Waals surface area contributed by atoms with Gasteiger partial charge in [0.05, 0.1) is 23.1 Å². The molecule has 0 fully saturated rings. The molecule has 5 nitrogen and oxygen atoms in total. The van der Waals surface area contributed by atoms with Crippen molar-refractivity contribution in [2.24, 2.45) is 0 Å². The molecule has 1 aromatic heterocycles. The standard InChI is InChI=1S/C19H16O5/c1-2-23-18(21)13-9-7-12(8-10-13)11-15-17(20)14-5-3-4-6-16(14)24-19(15)22/h3-10,20H,2,11H2,1H3. The molecular formula is C19H16O5. The van der Waals surface area contributed by atoms with Gasteiger partial charge >= 0.3 is 11.6 Å². The van der Waals surface area contributed by atoms with E-state index in [0.29, 0.717) is 23.1 Å². The maximum atomic E-state index is 12.1. The monoisotopic (exact) mass is 324 g/mol. The van der Waals surface area contributed by atoms with Crippen LogP contribution in [0.25, 0.3) is 11.0 Å². The van der Waals surface area contributed by atoms with E-state index in [-0.39, 0.29) is 17.7 Å². The molecule has 122 valence electrons. The maximum Gasteiger partial charge on any atom is 0.343 e. The van der Waals surface area contributed by atoms with Gasteiger partial charge in [-0.3, -0.25) is 0 Å². The minimum absolute atomic E-state index is 0.0729. The Balaban J connectivity index is 1.93. The number of para-hydroxylation sites is 1. The molecule has 0 bridgehead atoms. The molecule has 1 N–H and O–H groups in total. The summed E-state index contributed by atoms with van der Waals surface area (Å²) in [5, 5.41) is 10.9. The third-order valence-corrected chi connectivity index (χ3v) is 3.72. The summed E-state index contributed by atoms with van der Waals surface area (Å²) in [5.41, 5.74) is 1.19. The number of hydrogen-bond donors (Lipinski definition) is 1. The summed E-state index contributed by atoms with van der Waals surface area (Å²) in [5.74, 6) is -0.464. The van der Waals surface area contributed by atoms with E-state index < -0.39 is 11.6 Å². The Morgan fingerprint density at radius 3 is 2.54 bits per heavy atom. The first kappa shape index (κ1) is 15.8. The van der Waals surface area contributed by atoms with Crippen molar-refractivity contribution in [3.05, 3.63) is 75.6 Å². The van der Waals surface area contributed by atoms with E-state index in [0.717, 1.165) is 5.56 Å². The average Bonchev–Trinajstić information content (AvgIpc) is 2.59. The lowest BCUT2D eigenvalue weighted by Gasteiger charge is -2.07. The first-order valence-corrected chi connectivity index (χ1v) is 7.60. The second-order valence-corrected chi connectivity index (χ2v) is 5.31. The molecule has 3 aromatic rings. The second-order valence-electron chi connectivity index (χ2n) is 5.31. The van der Waals surface area contributed by atoms with Crippen LogP contribution in [-0.4, -0.2) is 17.7 Å². The van der Waals surface area contributed by atoms with Gasteiger partial charge in [0, 0.05) is 6.42 Å². The summed E-state index contributed by atoms with van der Waals surface area (Å²) < 4.78 is 10.2. The van der Waals surface area contributed by atoms with Gasteiger partial charge in [-0.05, 0) is 36.8 Å². The van der Waals surface area contributed by atoms with Crippen molar-refractivity contribution < 1.29 is 19.1 Å². The van der Waals surface area contributed by atoms with Crippen molar-refractivity contribution >= 4 is 16.9 Å². The minimum Gasteiger partial charge on any atom is -0.507 e. The molecule has 0 radical (unpaired) electrons. The van der Waals surface area contributed by atoms with Gasteiger partial charge in [0.25, 0.3) is 0 Å². The molecule has 3 rings (SSSR count). The molecule has 5 heteroatoms. The molecule has 0 spiro atoms. The predicted molar refractivity (Wildman–Crippen MR) is 89.4 cm³/mol. The molecule has 2 aromatic carbocycles. The van der Waals surface area contributed by atoms with Crippen molar-refractivity contribution in [2.45, 2.75) is 13.3 Å². The van der Waals surface area contributed by atoms with E-state index in [9.17, 15) is 14.7 Å². The fourth-order valence-corrected chi connectivity index (χ4v) is 2.51. The van der Waals surface area contributed by atoms with E-state index >= 15 is 0 Å². The molecule has 1 heterocycles. The third-order valence-electron chi connectivity index (χ3n) is 3.72. The highest BCUT2D eigenvalue weighted by molar-refractivity contribution is 5.89. The predicted octanol–water partition coefficient (Wildman–Crippen LogP) is 3.27. The van der Waals surface area contributed by atoms with Gasteiger partial charge in [0.1, 0.15) is 11.3 Å². The first-order chi connectivity index (χ1) is 11.6. The summed E-state index contributed by atoms with van der Waals surface area (Å²) in [6.45, 7) is 2.06. The summed E-state index contributed by atoms with van der Waals surface area (Å²) in [7, 11) is 0. The Morgan fingerprint density at radius 1 is 1.12 bits per heavy atom. The molecule has 0 aliphatic rings. The van der Waals surface area contributed by atoms with Crippen LogP contribution in [-0.2, 0) is 11.2 Å². The molecule has 0 amide bonds. The van der Waals surface area contributed by atoms with Crippen LogP contribution in [0.15, 0.2) is 57.7 Å². The molecule has 24 heavy (non-hydrogen) atoms. The number of aromatic hydroxyl groups is 1. The van der Waals surface area contributed by atoms with Crippen molar-refractivity contribution in [1.82, 2.24) is 0 Å². The minimum atomic E-state index is -0.569. The van der Waals surface area contributed by atoms with Crippen LogP contribution in [0.3, 0.4) is 0 Å². The topological polar surface area (TPSA) is 76.7 Å². The third kappa shape index (κ3) is 3.01. The van der Waals surface area contributed by atoms with Gasteiger partial charge in [-0.15, -0.1) is 0 Å². The largest absolute Gasteiger partial charge is 0.507 e. The summed E-state index contributed by atoms with van der Waals surface area (Å²) >= 11 is 0. The number of benzene rings is 2. The SMILES string of the molecule is CCOC(=O)c1ccc(Cc2c(O)c3ccccc3oc2=O)cc1. The van der Waals surface area contributed by atoms with Crippen molar-refractivity contribution in [2.75, 3.05) is 6.61 Å². The van der Waals surface area contributed by atoms with Gasteiger partial charge in [-0.2, -0.15) is 0 Å². The molecule has 0 aliphatic carbocycles. The maximum absolute atomic E-state index is 12.1. The zero-order valence-corrected chi connectivity index (χ0v) is 13.1. The number of hydrogen-bond acceptors (Lipinski definition) is 5. The molecule has 0 saturated carbocycles. The Bertz CT molecular complexity index is 938.